The van der Waals surface area contributed by atoms with E-state index in [2.05, 4.69) is 26.5 Å². The standard InChI is InChI=1S/C31H27BrN2O6/c1-20-4-6-21(7-5-20)19-39-26-12-8-22(9-13-26)30(35)34-33-18-24-16-25(32)11-15-27(24)40-31(36)23-10-14-28(37-2)29(17-23)38-3/h4-18H,19H2,1-3H3,(H,34,35)/b33-18-. The number of amides is 1. The number of esters is 1. The first-order valence-electron chi connectivity index (χ1n) is 12.2. The lowest BCUT2D eigenvalue weighted by Gasteiger charge is -2.11. The average Bonchev–Trinajstić information content (AvgIpc) is 2.98. The highest BCUT2D eigenvalue weighted by molar-refractivity contribution is 9.10. The quantitative estimate of drug-likeness (QED) is 0.0985. The van der Waals surface area contributed by atoms with Crippen LogP contribution in [0.3, 0.4) is 0 Å². The Morgan fingerprint density at radius 1 is 0.825 bits per heavy atom. The number of methoxy groups -OCH3 is 2. The van der Waals surface area contributed by atoms with Gasteiger partial charge in [0, 0.05) is 15.6 Å². The van der Waals surface area contributed by atoms with Gasteiger partial charge >= 0.3 is 5.97 Å². The monoisotopic (exact) mass is 602 g/mol. The zero-order valence-electron chi connectivity index (χ0n) is 22.1. The Kier molecular flexibility index (Phi) is 9.53. The summed E-state index contributed by atoms with van der Waals surface area (Å²) in [4.78, 5) is 25.4. The van der Waals surface area contributed by atoms with E-state index in [4.69, 9.17) is 18.9 Å². The van der Waals surface area contributed by atoms with Gasteiger partial charge in [0.2, 0.25) is 0 Å². The normalized spacial score (nSPS) is 10.7. The summed E-state index contributed by atoms with van der Waals surface area (Å²) in [5.74, 6) is 0.817. The number of nitrogens with one attached hydrogen (secondary N) is 1. The number of nitrogens with zero attached hydrogens (tertiary/aromatic N) is 1. The van der Waals surface area contributed by atoms with Crippen molar-refractivity contribution in [2.24, 2.45) is 5.10 Å². The van der Waals surface area contributed by atoms with Crippen LogP contribution in [0.1, 0.15) is 37.4 Å². The molecule has 0 saturated carbocycles. The molecule has 0 saturated heterocycles. The van der Waals surface area contributed by atoms with E-state index >= 15 is 0 Å². The van der Waals surface area contributed by atoms with E-state index in [1.165, 1.54) is 32.1 Å². The van der Waals surface area contributed by atoms with Gasteiger partial charge in [-0.3, -0.25) is 4.79 Å². The second kappa shape index (κ2) is 13.4. The van der Waals surface area contributed by atoms with Gasteiger partial charge in [-0.05, 0) is 73.2 Å². The number of hydrazone groups is 1. The molecule has 4 aromatic rings. The minimum Gasteiger partial charge on any atom is -0.493 e. The summed E-state index contributed by atoms with van der Waals surface area (Å²) >= 11 is 3.41. The molecule has 0 atom stereocenters. The molecule has 0 aliphatic heterocycles. The summed E-state index contributed by atoms with van der Waals surface area (Å²) in [5, 5.41) is 4.05. The van der Waals surface area contributed by atoms with E-state index in [1.807, 2.05) is 31.2 Å². The van der Waals surface area contributed by atoms with Crippen molar-refractivity contribution in [3.05, 3.63) is 117 Å². The minimum absolute atomic E-state index is 0.260. The van der Waals surface area contributed by atoms with Crippen molar-refractivity contribution in [2.45, 2.75) is 13.5 Å². The molecule has 0 aromatic heterocycles. The third-order valence-electron chi connectivity index (χ3n) is 5.81. The van der Waals surface area contributed by atoms with Crippen LogP contribution in [0.5, 0.6) is 23.0 Å². The highest BCUT2D eigenvalue weighted by Crippen LogP contribution is 2.29. The maximum Gasteiger partial charge on any atom is 0.343 e. The molecule has 8 nitrogen and oxygen atoms in total. The molecule has 0 fully saturated rings. The number of ether oxygens (including phenoxy) is 4. The lowest BCUT2D eigenvalue weighted by atomic mass is 10.2. The van der Waals surface area contributed by atoms with Gasteiger partial charge in [0.05, 0.1) is 26.0 Å². The van der Waals surface area contributed by atoms with E-state index in [0.717, 1.165) is 10.0 Å². The van der Waals surface area contributed by atoms with Crippen molar-refractivity contribution in [1.29, 1.82) is 0 Å². The van der Waals surface area contributed by atoms with Gasteiger partial charge in [-0.1, -0.05) is 45.8 Å². The zero-order valence-corrected chi connectivity index (χ0v) is 23.7. The minimum atomic E-state index is -0.591. The van der Waals surface area contributed by atoms with E-state index < -0.39 is 11.9 Å². The topological polar surface area (TPSA) is 95.5 Å². The van der Waals surface area contributed by atoms with E-state index in [9.17, 15) is 9.59 Å². The summed E-state index contributed by atoms with van der Waals surface area (Å²) in [6.45, 7) is 2.47. The number of carbonyl (C=O) groups excluding carboxylic acids is 2. The fraction of sp³-hybridized carbons (Fsp3) is 0.129. The van der Waals surface area contributed by atoms with Crippen LogP contribution < -0.4 is 24.4 Å². The highest BCUT2D eigenvalue weighted by atomic mass is 79.9. The predicted octanol–water partition coefficient (Wildman–Crippen LogP) is 6.34. The van der Waals surface area contributed by atoms with Gasteiger partial charge in [0.15, 0.2) is 11.5 Å². The summed E-state index contributed by atoms with van der Waals surface area (Å²) in [6.07, 6.45) is 1.40. The average molecular weight is 603 g/mol. The molecule has 0 aliphatic rings. The first-order chi connectivity index (χ1) is 19.4. The fourth-order valence-electron chi connectivity index (χ4n) is 3.61. The van der Waals surface area contributed by atoms with Gasteiger partial charge < -0.3 is 18.9 Å². The predicted molar refractivity (Wildman–Crippen MR) is 156 cm³/mol. The van der Waals surface area contributed by atoms with Crippen molar-refractivity contribution < 1.29 is 28.5 Å². The molecule has 4 aromatic carbocycles. The molecule has 0 radical (unpaired) electrons. The third-order valence-corrected chi connectivity index (χ3v) is 6.30. The summed E-state index contributed by atoms with van der Waals surface area (Å²) < 4.78 is 22.6. The number of rotatable bonds is 10. The number of carbonyl (C=O) groups is 2. The highest BCUT2D eigenvalue weighted by Gasteiger charge is 2.15. The zero-order chi connectivity index (χ0) is 28.5. The molecule has 0 bridgehead atoms. The maximum atomic E-state index is 12.8. The largest absolute Gasteiger partial charge is 0.493 e. The van der Waals surface area contributed by atoms with Gasteiger partial charge in [-0.15, -0.1) is 0 Å². The van der Waals surface area contributed by atoms with E-state index in [1.54, 1.807) is 54.6 Å². The molecular weight excluding hydrogens is 576 g/mol. The Bertz CT molecular complexity index is 1520. The second-order valence-electron chi connectivity index (χ2n) is 8.64. The van der Waals surface area contributed by atoms with E-state index in [-0.39, 0.29) is 11.3 Å². The summed E-state index contributed by atoms with van der Waals surface area (Å²) in [7, 11) is 3.00. The van der Waals surface area contributed by atoms with Gasteiger partial charge in [0.1, 0.15) is 18.1 Å². The fourth-order valence-corrected chi connectivity index (χ4v) is 3.99. The summed E-state index contributed by atoms with van der Waals surface area (Å²) in [5.41, 5.74) is 5.91. The first-order valence-corrected chi connectivity index (χ1v) is 13.0. The molecule has 40 heavy (non-hydrogen) atoms. The number of hydrogen-bond donors (Lipinski definition) is 1. The summed E-state index contributed by atoms with van der Waals surface area (Å²) in [6, 6.07) is 24.7. The van der Waals surface area contributed by atoms with Crippen LogP contribution >= 0.6 is 15.9 Å². The molecule has 0 heterocycles. The molecule has 4 rings (SSSR count). The Morgan fingerprint density at radius 3 is 2.20 bits per heavy atom. The third kappa shape index (κ3) is 7.48. The molecule has 0 unspecified atom stereocenters. The number of hydrogen-bond acceptors (Lipinski definition) is 7. The Hall–Kier alpha value is -4.63. The second-order valence-corrected chi connectivity index (χ2v) is 9.55. The molecular formula is C31H27BrN2O6. The Labute approximate surface area is 240 Å². The van der Waals surface area contributed by atoms with Gasteiger partial charge in [-0.2, -0.15) is 5.10 Å². The van der Waals surface area contributed by atoms with Crippen LogP contribution in [-0.4, -0.2) is 32.3 Å². The smallest absolute Gasteiger partial charge is 0.343 e. The molecule has 204 valence electrons. The first kappa shape index (κ1) is 28.4. The van der Waals surface area contributed by atoms with Crippen molar-refractivity contribution in [3.63, 3.8) is 0 Å². The maximum absolute atomic E-state index is 12.8. The van der Waals surface area contributed by atoms with Crippen LogP contribution in [-0.2, 0) is 6.61 Å². The molecule has 0 aliphatic carbocycles. The van der Waals surface area contributed by atoms with Crippen LogP contribution in [0.4, 0.5) is 0 Å². The van der Waals surface area contributed by atoms with Gasteiger partial charge in [0.25, 0.3) is 5.91 Å². The lowest BCUT2D eigenvalue weighted by Crippen LogP contribution is -2.17. The molecule has 9 heteroatoms. The van der Waals surface area contributed by atoms with Crippen molar-refractivity contribution in [1.82, 2.24) is 5.43 Å². The lowest BCUT2D eigenvalue weighted by molar-refractivity contribution is 0.0733. The van der Waals surface area contributed by atoms with Gasteiger partial charge in [-0.25, -0.2) is 10.2 Å². The Balaban J connectivity index is 1.38. The molecule has 1 amide bonds. The number of halogens is 1. The molecule has 1 N–H and O–H groups in total. The van der Waals surface area contributed by atoms with Crippen molar-refractivity contribution >= 4 is 34.0 Å². The van der Waals surface area contributed by atoms with Crippen LogP contribution in [0.15, 0.2) is 94.5 Å². The SMILES string of the molecule is COc1ccc(C(=O)Oc2ccc(Br)cc2/C=N\NC(=O)c2ccc(OCc3ccc(C)cc3)cc2)cc1OC. The molecule has 0 spiro atoms. The van der Waals surface area contributed by atoms with Crippen molar-refractivity contribution in [3.8, 4) is 23.0 Å². The van der Waals surface area contributed by atoms with Crippen LogP contribution in [0, 0.1) is 6.92 Å². The van der Waals surface area contributed by atoms with Crippen molar-refractivity contribution in [2.75, 3.05) is 14.2 Å². The Morgan fingerprint density at radius 2 is 1.50 bits per heavy atom. The van der Waals surface area contributed by atoms with Crippen LogP contribution in [0.25, 0.3) is 0 Å². The van der Waals surface area contributed by atoms with Crippen LogP contribution in [0.2, 0.25) is 0 Å². The number of aryl methyl sites for hydroxylation is 1. The number of benzene rings is 4. The van der Waals surface area contributed by atoms with E-state index in [0.29, 0.717) is 35.0 Å².